The fourth-order valence-electron chi connectivity index (χ4n) is 1.25. The van der Waals surface area contributed by atoms with Crippen LogP contribution in [0.15, 0.2) is 24.3 Å². The van der Waals surface area contributed by atoms with Gasteiger partial charge in [0.25, 0.3) is 0 Å². The van der Waals surface area contributed by atoms with Gasteiger partial charge in [-0.05, 0) is 31.2 Å². The van der Waals surface area contributed by atoms with Crippen LogP contribution in [-0.2, 0) is 0 Å². The molecule has 2 aromatic rings. The van der Waals surface area contributed by atoms with E-state index in [2.05, 4.69) is 4.98 Å². The first kappa shape index (κ1) is 9.49. The van der Waals surface area contributed by atoms with Crippen LogP contribution in [0.4, 0.5) is 0 Å². The summed E-state index contributed by atoms with van der Waals surface area (Å²) >= 11 is 7.26. The molecule has 0 aliphatic carbocycles. The number of aromatic hydroxyl groups is 1. The van der Waals surface area contributed by atoms with Gasteiger partial charge in [0, 0.05) is 10.4 Å². The highest BCUT2D eigenvalue weighted by Gasteiger charge is 2.07. The number of thiazole rings is 1. The summed E-state index contributed by atoms with van der Waals surface area (Å²) in [6, 6.07) is 6.94. The molecule has 1 aromatic heterocycles. The summed E-state index contributed by atoms with van der Waals surface area (Å²) in [7, 11) is 0. The molecule has 2 rings (SSSR count). The monoisotopic (exact) mass is 225 g/mol. The zero-order chi connectivity index (χ0) is 10.1. The molecule has 4 heteroatoms. The molecule has 0 atom stereocenters. The zero-order valence-corrected chi connectivity index (χ0v) is 9.06. The van der Waals surface area contributed by atoms with Gasteiger partial charge >= 0.3 is 0 Å². The molecule has 0 saturated heterocycles. The summed E-state index contributed by atoms with van der Waals surface area (Å²) < 4.78 is 0.547. The van der Waals surface area contributed by atoms with Crippen molar-refractivity contribution in [2.45, 2.75) is 6.92 Å². The lowest BCUT2D eigenvalue weighted by Crippen LogP contribution is -1.79. The van der Waals surface area contributed by atoms with Crippen LogP contribution in [-0.4, -0.2) is 10.1 Å². The number of aryl methyl sites for hydroxylation is 1. The molecule has 0 saturated carbocycles. The van der Waals surface area contributed by atoms with Crippen LogP contribution in [0.1, 0.15) is 4.88 Å². The van der Waals surface area contributed by atoms with Crippen LogP contribution in [0, 0.1) is 6.92 Å². The van der Waals surface area contributed by atoms with Gasteiger partial charge < -0.3 is 5.11 Å². The van der Waals surface area contributed by atoms with E-state index in [4.69, 9.17) is 16.7 Å². The predicted molar refractivity (Wildman–Crippen MR) is 59.0 cm³/mol. The smallest absolute Gasteiger partial charge is 0.184 e. The number of hydrogen-bond donors (Lipinski definition) is 1. The number of hydrogen-bond acceptors (Lipinski definition) is 3. The van der Waals surface area contributed by atoms with E-state index in [0.29, 0.717) is 4.47 Å². The van der Waals surface area contributed by atoms with E-state index in [1.807, 2.05) is 19.1 Å². The second kappa shape index (κ2) is 3.59. The van der Waals surface area contributed by atoms with Crippen LogP contribution in [0.2, 0.25) is 4.47 Å². The van der Waals surface area contributed by atoms with Crippen molar-refractivity contribution in [3.63, 3.8) is 0 Å². The average Bonchev–Trinajstić information content (AvgIpc) is 2.47. The Morgan fingerprint density at radius 2 is 1.93 bits per heavy atom. The first-order valence-corrected chi connectivity index (χ1v) is 5.28. The van der Waals surface area contributed by atoms with Gasteiger partial charge in [-0.3, -0.25) is 0 Å². The normalized spacial score (nSPS) is 10.4. The average molecular weight is 226 g/mol. The molecule has 1 heterocycles. The van der Waals surface area contributed by atoms with E-state index in [-0.39, 0.29) is 5.75 Å². The van der Waals surface area contributed by atoms with Crippen molar-refractivity contribution in [3.05, 3.63) is 33.6 Å². The molecule has 0 bridgehead atoms. The molecule has 1 aromatic carbocycles. The van der Waals surface area contributed by atoms with Crippen molar-refractivity contribution in [1.82, 2.24) is 4.98 Å². The van der Waals surface area contributed by atoms with Gasteiger partial charge in [-0.1, -0.05) is 11.6 Å². The minimum Gasteiger partial charge on any atom is -0.508 e. The standard InChI is InChI=1S/C10H8ClNOS/c1-6-9(12-10(11)14-6)7-2-4-8(13)5-3-7/h2-5,13H,1H3. The second-order valence-corrected chi connectivity index (χ2v) is 4.70. The summed E-state index contributed by atoms with van der Waals surface area (Å²) in [5.41, 5.74) is 1.86. The van der Waals surface area contributed by atoms with Gasteiger partial charge in [0.15, 0.2) is 4.47 Å². The summed E-state index contributed by atoms with van der Waals surface area (Å²) in [4.78, 5) is 5.30. The Kier molecular flexibility index (Phi) is 2.44. The van der Waals surface area contributed by atoms with E-state index < -0.39 is 0 Å². The van der Waals surface area contributed by atoms with Gasteiger partial charge in [0.2, 0.25) is 0 Å². The summed E-state index contributed by atoms with van der Waals surface area (Å²) in [6.45, 7) is 1.98. The lowest BCUT2D eigenvalue weighted by atomic mass is 10.1. The molecular formula is C10H8ClNOS. The SMILES string of the molecule is Cc1sc(Cl)nc1-c1ccc(O)cc1. The van der Waals surface area contributed by atoms with Crippen molar-refractivity contribution >= 4 is 22.9 Å². The second-order valence-electron chi connectivity index (χ2n) is 2.92. The number of halogens is 1. The summed E-state index contributed by atoms with van der Waals surface area (Å²) in [5.74, 6) is 0.257. The Hall–Kier alpha value is -1.06. The molecule has 72 valence electrons. The highest BCUT2D eigenvalue weighted by atomic mass is 35.5. The number of rotatable bonds is 1. The molecule has 14 heavy (non-hydrogen) atoms. The highest BCUT2D eigenvalue weighted by molar-refractivity contribution is 7.16. The Balaban J connectivity index is 2.49. The molecule has 0 aliphatic heterocycles. The number of phenolic OH excluding ortho intramolecular Hbond substituents is 1. The summed E-state index contributed by atoms with van der Waals surface area (Å²) in [5, 5.41) is 9.13. The maximum atomic E-state index is 9.13. The Labute approximate surface area is 90.8 Å². The van der Waals surface area contributed by atoms with Crippen LogP contribution in [0.5, 0.6) is 5.75 Å². The van der Waals surface area contributed by atoms with E-state index in [0.717, 1.165) is 16.1 Å². The minimum absolute atomic E-state index is 0.257. The Morgan fingerprint density at radius 3 is 2.43 bits per heavy atom. The van der Waals surface area contributed by atoms with Crippen molar-refractivity contribution < 1.29 is 5.11 Å². The van der Waals surface area contributed by atoms with E-state index in [9.17, 15) is 0 Å². The molecule has 2 nitrogen and oxygen atoms in total. The molecule has 0 unspecified atom stereocenters. The molecule has 0 amide bonds. The third-order valence-corrected chi connectivity index (χ3v) is 2.99. The zero-order valence-electron chi connectivity index (χ0n) is 7.49. The van der Waals surface area contributed by atoms with Crippen molar-refractivity contribution in [2.75, 3.05) is 0 Å². The molecule has 0 aliphatic rings. The Morgan fingerprint density at radius 1 is 1.29 bits per heavy atom. The van der Waals surface area contributed by atoms with Gasteiger partial charge in [-0.25, -0.2) is 4.98 Å². The minimum atomic E-state index is 0.257. The van der Waals surface area contributed by atoms with Crippen molar-refractivity contribution in [1.29, 1.82) is 0 Å². The predicted octanol–water partition coefficient (Wildman–Crippen LogP) is 3.48. The van der Waals surface area contributed by atoms with E-state index >= 15 is 0 Å². The quantitative estimate of drug-likeness (QED) is 0.806. The van der Waals surface area contributed by atoms with Crippen LogP contribution in [0.25, 0.3) is 11.3 Å². The largest absolute Gasteiger partial charge is 0.508 e. The van der Waals surface area contributed by atoms with Crippen molar-refractivity contribution in [2.24, 2.45) is 0 Å². The molecule has 0 spiro atoms. The fraction of sp³-hybridized carbons (Fsp3) is 0.100. The van der Waals surface area contributed by atoms with E-state index in [1.54, 1.807) is 12.1 Å². The van der Waals surface area contributed by atoms with Crippen LogP contribution < -0.4 is 0 Å². The fourth-order valence-corrected chi connectivity index (χ4v) is 2.33. The maximum absolute atomic E-state index is 9.13. The third kappa shape index (κ3) is 1.74. The molecule has 1 N–H and O–H groups in total. The summed E-state index contributed by atoms with van der Waals surface area (Å²) in [6.07, 6.45) is 0. The lowest BCUT2D eigenvalue weighted by Gasteiger charge is -1.98. The molecular weight excluding hydrogens is 218 g/mol. The van der Waals surface area contributed by atoms with Gasteiger partial charge in [0.1, 0.15) is 5.75 Å². The maximum Gasteiger partial charge on any atom is 0.184 e. The number of nitrogens with zero attached hydrogens (tertiary/aromatic N) is 1. The highest BCUT2D eigenvalue weighted by Crippen LogP contribution is 2.30. The number of phenols is 1. The third-order valence-electron chi connectivity index (χ3n) is 1.91. The topological polar surface area (TPSA) is 33.1 Å². The Bertz CT molecular complexity index is 450. The van der Waals surface area contributed by atoms with Gasteiger partial charge in [-0.2, -0.15) is 0 Å². The number of aromatic nitrogens is 1. The molecule has 0 radical (unpaired) electrons. The first-order chi connectivity index (χ1) is 6.66. The van der Waals surface area contributed by atoms with Crippen LogP contribution >= 0.6 is 22.9 Å². The van der Waals surface area contributed by atoms with Gasteiger partial charge in [0.05, 0.1) is 5.69 Å². The van der Waals surface area contributed by atoms with Crippen molar-refractivity contribution in [3.8, 4) is 17.0 Å². The first-order valence-electron chi connectivity index (χ1n) is 4.09. The van der Waals surface area contributed by atoms with Crippen LogP contribution in [0.3, 0.4) is 0 Å². The van der Waals surface area contributed by atoms with E-state index in [1.165, 1.54) is 11.3 Å². The number of benzene rings is 1. The van der Waals surface area contributed by atoms with Gasteiger partial charge in [-0.15, -0.1) is 11.3 Å². The molecule has 0 fully saturated rings. The lowest BCUT2D eigenvalue weighted by molar-refractivity contribution is 0.475.